The molecule has 3 aromatic carbocycles. The molecule has 0 aromatic heterocycles. The molecule has 1 N–H and O–H groups in total. The van der Waals surface area contributed by atoms with Crippen LogP contribution < -0.4 is 15.1 Å². The number of carbonyl (C=O) groups is 4. The van der Waals surface area contributed by atoms with E-state index in [9.17, 15) is 29.3 Å². The van der Waals surface area contributed by atoms with Gasteiger partial charge in [-0.1, -0.05) is 36.4 Å². The number of benzene rings is 3. The molecule has 4 rings (SSSR count). The van der Waals surface area contributed by atoms with E-state index in [2.05, 4.69) is 5.43 Å². The molecule has 1 atom stereocenters. The van der Waals surface area contributed by atoms with E-state index in [0.717, 1.165) is 16.0 Å². The average Bonchev–Trinajstić information content (AvgIpc) is 3.20. The number of ether oxygens (including phenoxy) is 1. The second kappa shape index (κ2) is 10.1. The van der Waals surface area contributed by atoms with E-state index >= 15 is 0 Å². The maximum Gasteiger partial charge on any atom is 0.282 e. The Bertz CT molecular complexity index is 1360. The summed E-state index contributed by atoms with van der Waals surface area (Å²) in [7, 11) is 1.44. The van der Waals surface area contributed by atoms with Gasteiger partial charge in [0.15, 0.2) is 0 Å². The zero-order valence-electron chi connectivity index (χ0n) is 19.0. The van der Waals surface area contributed by atoms with Crippen molar-refractivity contribution in [1.82, 2.24) is 10.4 Å². The third-order valence-electron chi connectivity index (χ3n) is 5.55. The van der Waals surface area contributed by atoms with Crippen molar-refractivity contribution in [2.75, 3.05) is 12.0 Å². The van der Waals surface area contributed by atoms with Gasteiger partial charge < -0.3 is 4.74 Å². The zero-order valence-corrected chi connectivity index (χ0v) is 19.0. The van der Waals surface area contributed by atoms with Crippen molar-refractivity contribution in [2.24, 2.45) is 0 Å². The third kappa shape index (κ3) is 4.62. The van der Waals surface area contributed by atoms with Crippen LogP contribution in [0.3, 0.4) is 0 Å². The number of nitrogens with one attached hydrogen (secondary N) is 1. The summed E-state index contributed by atoms with van der Waals surface area (Å²) >= 11 is 0. The highest BCUT2D eigenvalue weighted by atomic mass is 16.6. The van der Waals surface area contributed by atoms with Crippen LogP contribution in [-0.4, -0.2) is 46.7 Å². The normalized spacial score (nSPS) is 14.9. The van der Waals surface area contributed by atoms with Crippen LogP contribution >= 0.6 is 0 Å². The van der Waals surface area contributed by atoms with E-state index in [1.807, 2.05) is 0 Å². The SMILES string of the molecule is COc1cccc(N2C(=O)CC(N(NC(=O)c3ccccc3[N+](=O)[O-])C(=O)c3ccccc3)C2=O)c1. The lowest BCUT2D eigenvalue weighted by atomic mass is 10.1. The first kappa shape index (κ1) is 24.1. The van der Waals surface area contributed by atoms with Crippen molar-refractivity contribution in [3.63, 3.8) is 0 Å². The van der Waals surface area contributed by atoms with E-state index in [-0.39, 0.29) is 16.8 Å². The summed E-state index contributed by atoms with van der Waals surface area (Å²) in [5.74, 6) is -2.67. The largest absolute Gasteiger partial charge is 0.497 e. The Kier molecular flexibility index (Phi) is 6.72. The Hall–Kier alpha value is -5.06. The second-order valence-electron chi connectivity index (χ2n) is 7.75. The summed E-state index contributed by atoms with van der Waals surface area (Å²) in [5, 5.41) is 12.2. The first-order chi connectivity index (χ1) is 17.3. The van der Waals surface area contributed by atoms with Crippen molar-refractivity contribution in [1.29, 1.82) is 0 Å². The Morgan fingerprint density at radius 2 is 1.72 bits per heavy atom. The van der Waals surface area contributed by atoms with Crippen molar-refractivity contribution < 1.29 is 28.8 Å². The molecule has 1 saturated heterocycles. The van der Waals surface area contributed by atoms with Gasteiger partial charge in [-0.3, -0.25) is 34.7 Å². The maximum absolute atomic E-state index is 13.4. The first-order valence-electron chi connectivity index (χ1n) is 10.8. The molecule has 11 heteroatoms. The lowest BCUT2D eigenvalue weighted by Crippen LogP contribution is -2.54. The Balaban J connectivity index is 1.71. The highest BCUT2D eigenvalue weighted by molar-refractivity contribution is 6.23. The van der Waals surface area contributed by atoms with E-state index in [1.54, 1.807) is 30.3 Å². The number of para-hydroxylation sites is 1. The van der Waals surface area contributed by atoms with Gasteiger partial charge in [-0.05, 0) is 30.3 Å². The summed E-state index contributed by atoms with van der Waals surface area (Å²) in [6.45, 7) is 0. The van der Waals surface area contributed by atoms with E-state index < -0.39 is 46.7 Å². The highest BCUT2D eigenvalue weighted by Gasteiger charge is 2.46. The van der Waals surface area contributed by atoms with Gasteiger partial charge >= 0.3 is 0 Å². The Morgan fingerprint density at radius 3 is 2.42 bits per heavy atom. The van der Waals surface area contributed by atoms with Gasteiger partial charge in [0.1, 0.15) is 17.4 Å². The standard InChI is InChI=1S/C25H20N4O7/c1-36-18-11-7-10-17(14-18)27-22(30)15-21(25(27)33)28(24(32)16-8-3-2-4-9-16)26-23(31)19-12-5-6-13-20(19)29(34)35/h2-14,21H,15H2,1H3,(H,26,31). The molecule has 36 heavy (non-hydrogen) atoms. The summed E-state index contributed by atoms with van der Waals surface area (Å²) in [6.07, 6.45) is -0.411. The minimum absolute atomic E-state index is 0.139. The predicted octanol–water partition coefficient (Wildman–Crippen LogP) is 2.72. The van der Waals surface area contributed by atoms with Crippen LogP contribution in [0.2, 0.25) is 0 Å². The first-order valence-corrected chi connectivity index (χ1v) is 10.8. The van der Waals surface area contributed by atoms with Crippen molar-refractivity contribution >= 4 is 35.0 Å². The van der Waals surface area contributed by atoms with Gasteiger partial charge in [-0.15, -0.1) is 0 Å². The molecule has 0 bridgehead atoms. The van der Waals surface area contributed by atoms with Crippen LogP contribution in [0.15, 0.2) is 78.9 Å². The topological polar surface area (TPSA) is 139 Å². The molecule has 4 amide bonds. The number of hydrogen-bond acceptors (Lipinski definition) is 7. The molecular formula is C25H20N4O7. The number of rotatable bonds is 6. The number of hydrogen-bond donors (Lipinski definition) is 1. The Morgan fingerprint density at radius 1 is 1.03 bits per heavy atom. The summed E-state index contributed by atoms with van der Waals surface area (Å²) in [4.78, 5) is 64.3. The predicted molar refractivity (Wildman–Crippen MR) is 127 cm³/mol. The summed E-state index contributed by atoms with van der Waals surface area (Å²) in [5.41, 5.74) is 1.92. The van der Waals surface area contributed by atoms with E-state index in [1.165, 1.54) is 49.6 Å². The number of imide groups is 1. The van der Waals surface area contributed by atoms with E-state index in [0.29, 0.717) is 5.75 Å². The molecule has 0 spiro atoms. The minimum atomic E-state index is -1.39. The molecule has 0 saturated carbocycles. The monoisotopic (exact) mass is 488 g/mol. The fourth-order valence-electron chi connectivity index (χ4n) is 3.82. The number of nitrogens with zero attached hydrogens (tertiary/aromatic N) is 3. The number of methoxy groups -OCH3 is 1. The van der Waals surface area contributed by atoms with Crippen LogP contribution in [0, 0.1) is 10.1 Å². The van der Waals surface area contributed by atoms with Gasteiger partial charge in [0.2, 0.25) is 5.91 Å². The Labute approximate surface area is 205 Å². The van der Waals surface area contributed by atoms with Crippen molar-refractivity contribution in [3.8, 4) is 5.75 Å². The molecule has 182 valence electrons. The molecule has 3 aromatic rings. The van der Waals surface area contributed by atoms with Gasteiger partial charge in [0.05, 0.1) is 24.1 Å². The smallest absolute Gasteiger partial charge is 0.282 e. The fourth-order valence-corrected chi connectivity index (χ4v) is 3.82. The number of nitro benzene ring substituents is 1. The van der Waals surface area contributed by atoms with Gasteiger partial charge in [0, 0.05) is 17.7 Å². The zero-order chi connectivity index (χ0) is 25.8. The van der Waals surface area contributed by atoms with Crippen LogP contribution in [0.4, 0.5) is 11.4 Å². The van der Waals surface area contributed by atoms with Gasteiger partial charge in [-0.25, -0.2) is 9.91 Å². The number of anilines is 1. The number of nitro groups is 1. The molecule has 1 aliphatic rings. The molecule has 1 heterocycles. The number of carbonyl (C=O) groups excluding carboxylic acids is 4. The second-order valence-corrected chi connectivity index (χ2v) is 7.75. The van der Waals surface area contributed by atoms with Crippen LogP contribution in [0.5, 0.6) is 5.75 Å². The molecule has 1 aliphatic heterocycles. The third-order valence-corrected chi connectivity index (χ3v) is 5.55. The quantitative estimate of drug-likeness (QED) is 0.320. The highest BCUT2D eigenvalue weighted by Crippen LogP contribution is 2.29. The lowest BCUT2D eigenvalue weighted by molar-refractivity contribution is -0.385. The number of hydrazine groups is 1. The molecule has 1 unspecified atom stereocenters. The molecular weight excluding hydrogens is 468 g/mol. The number of amides is 4. The molecule has 0 radical (unpaired) electrons. The fraction of sp³-hybridized carbons (Fsp3) is 0.120. The van der Waals surface area contributed by atoms with Gasteiger partial charge in [-0.2, -0.15) is 0 Å². The average molecular weight is 488 g/mol. The molecule has 1 fully saturated rings. The van der Waals surface area contributed by atoms with Gasteiger partial charge in [0.25, 0.3) is 23.4 Å². The molecule has 11 nitrogen and oxygen atoms in total. The maximum atomic E-state index is 13.4. The van der Waals surface area contributed by atoms with Crippen LogP contribution in [0.25, 0.3) is 0 Å². The van der Waals surface area contributed by atoms with Crippen LogP contribution in [0.1, 0.15) is 27.1 Å². The lowest BCUT2D eigenvalue weighted by Gasteiger charge is -2.28. The van der Waals surface area contributed by atoms with Crippen LogP contribution in [-0.2, 0) is 9.59 Å². The minimum Gasteiger partial charge on any atom is -0.497 e. The van der Waals surface area contributed by atoms with Crippen molar-refractivity contribution in [2.45, 2.75) is 12.5 Å². The molecule has 0 aliphatic carbocycles. The van der Waals surface area contributed by atoms with E-state index in [4.69, 9.17) is 4.74 Å². The van der Waals surface area contributed by atoms with Crippen molar-refractivity contribution in [3.05, 3.63) is 100 Å². The summed E-state index contributed by atoms with van der Waals surface area (Å²) < 4.78 is 5.16. The summed E-state index contributed by atoms with van der Waals surface area (Å²) in [6, 6.07) is 17.9.